The van der Waals surface area contributed by atoms with E-state index in [1.807, 2.05) is 0 Å². The summed E-state index contributed by atoms with van der Waals surface area (Å²) in [6.07, 6.45) is 2.85. The maximum atomic E-state index is 11.7. The van der Waals surface area contributed by atoms with Gasteiger partial charge in [-0.05, 0) is 30.3 Å². The van der Waals surface area contributed by atoms with Crippen molar-refractivity contribution in [1.82, 2.24) is 4.57 Å². The molecule has 0 spiro atoms. The highest BCUT2D eigenvalue weighted by Gasteiger charge is 2.08. The number of benzene rings is 1. The molecule has 0 fully saturated rings. The molecule has 138 valence electrons. The Balaban J connectivity index is 0.000000387. The van der Waals surface area contributed by atoms with Crippen molar-refractivity contribution in [1.29, 1.82) is 5.26 Å². The molecule has 1 aromatic heterocycles. The number of carbonyl (C=O) groups is 3. The zero-order chi connectivity index (χ0) is 20.4. The number of carbonyl (C=O) groups excluding carboxylic acids is 1. The van der Waals surface area contributed by atoms with Gasteiger partial charge in [0.25, 0.3) is 5.91 Å². The van der Waals surface area contributed by atoms with E-state index in [4.69, 9.17) is 26.9 Å². The van der Waals surface area contributed by atoms with Gasteiger partial charge in [0.2, 0.25) is 0 Å². The number of carboxylic acids is 2. The number of nitrogens with zero attached hydrogens (tertiary/aromatic N) is 3. The minimum Gasteiger partial charge on any atom is -0.478 e. The first kappa shape index (κ1) is 20.7. The van der Waals surface area contributed by atoms with Gasteiger partial charge < -0.3 is 26.2 Å². The lowest BCUT2D eigenvalue weighted by Crippen LogP contribution is -2.24. The van der Waals surface area contributed by atoms with Crippen molar-refractivity contribution in [2.45, 2.75) is 0 Å². The second-order valence-corrected chi connectivity index (χ2v) is 4.78. The molecule has 10 nitrogen and oxygen atoms in total. The van der Waals surface area contributed by atoms with Crippen LogP contribution in [0.2, 0.25) is 0 Å². The lowest BCUT2D eigenvalue weighted by Gasteiger charge is -2.05. The van der Waals surface area contributed by atoms with Crippen molar-refractivity contribution in [2.75, 3.05) is 0 Å². The van der Waals surface area contributed by atoms with Crippen LogP contribution in [-0.2, 0) is 9.59 Å². The van der Waals surface area contributed by atoms with Gasteiger partial charge in [-0.1, -0.05) is 6.07 Å². The number of hydrogen-bond donors (Lipinski definition) is 4. The van der Waals surface area contributed by atoms with E-state index in [1.54, 1.807) is 47.2 Å². The molecule has 0 saturated heterocycles. The van der Waals surface area contributed by atoms with Crippen LogP contribution in [0, 0.1) is 11.3 Å². The predicted molar refractivity (Wildman–Crippen MR) is 95.0 cm³/mol. The lowest BCUT2D eigenvalue weighted by molar-refractivity contribution is -0.134. The van der Waals surface area contributed by atoms with Crippen LogP contribution in [0.1, 0.15) is 16.1 Å². The molecule has 0 bridgehead atoms. The zero-order valence-corrected chi connectivity index (χ0v) is 13.8. The Hall–Kier alpha value is -4.39. The summed E-state index contributed by atoms with van der Waals surface area (Å²) in [6, 6.07) is 12.2. The van der Waals surface area contributed by atoms with Crippen LogP contribution >= 0.6 is 0 Å². The third-order valence-corrected chi connectivity index (χ3v) is 2.83. The van der Waals surface area contributed by atoms with Gasteiger partial charge in [0.1, 0.15) is 11.8 Å². The van der Waals surface area contributed by atoms with E-state index in [-0.39, 0.29) is 5.96 Å². The van der Waals surface area contributed by atoms with E-state index in [2.05, 4.69) is 11.1 Å². The van der Waals surface area contributed by atoms with E-state index < -0.39 is 17.8 Å². The highest BCUT2D eigenvalue weighted by atomic mass is 16.4. The molecule has 2 aromatic rings. The summed E-state index contributed by atoms with van der Waals surface area (Å²) in [5, 5.41) is 24.6. The SMILES string of the molecule is N#Cc1cccn1-c1cccc(C(=O)N=C(N)N)c1.O=C(O)C=CC(=O)O. The zero-order valence-electron chi connectivity index (χ0n) is 13.8. The molecule has 0 aliphatic carbocycles. The minimum atomic E-state index is -1.26. The maximum absolute atomic E-state index is 11.7. The van der Waals surface area contributed by atoms with Crippen molar-refractivity contribution < 1.29 is 24.6 Å². The van der Waals surface area contributed by atoms with Gasteiger partial charge in [0.15, 0.2) is 5.96 Å². The molecular formula is C17H15N5O5. The van der Waals surface area contributed by atoms with Crippen LogP contribution in [0.4, 0.5) is 0 Å². The summed E-state index contributed by atoms with van der Waals surface area (Å²) in [7, 11) is 0. The van der Waals surface area contributed by atoms with E-state index in [9.17, 15) is 14.4 Å². The monoisotopic (exact) mass is 369 g/mol. The molecule has 1 amide bonds. The van der Waals surface area contributed by atoms with Gasteiger partial charge >= 0.3 is 11.9 Å². The quantitative estimate of drug-likeness (QED) is 0.340. The first-order valence-corrected chi connectivity index (χ1v) is 7.20. The number of nitriles is 1. The Labute approximate surface area is 153 Å². The van der Waals surface area contributed by atoms with Gasteiger partial charge in [-0.15, -0.1) is 0 Å². The second-order valence-electron chi connectivity index (χ2n) is 4.78. The van der Waals surface area contributed by atoms with Crippen molar-refractivity contribution >= 4 is 23.8 Å². The first-order valence-electron chi connectivity index (χ1n) is 7.20. The molecule has 0 radical (unpaired) electrons. The molecule has 27 heavy (non-hydrogen) atoms. The fourth-order valence-corrected chi connectivity index (χ4v) is 1.81. The topological polar surface area (TPSA) is 185 Å². The first-order chi connectivity index (χ1) is 12.7. The average Bonchev–Trinajstić information content (AvgIpc) is 3.09. The van der Waals surface area contributed by atoms with Crippen LogP contribution in [-0.4, -0.2) is 38.6 Å². The van der Waals surface area contributed by atoms with Crippen LogP contribution in [0.5, 0.6) is 0 Å². The minimum absolute atomic E-state index is 0.283. The number of guanidine groups is 1. The summed E-state index contributed by atoms with van der Waals surface area (Å²) < 4.78 is 1.67. The van der Waals surface area contributed by atoms with Crippen molar-refractivity contribution in [3.63, 3.8) is 0 Å². The van der Waals surface area contributed by atoms with Gasteiger partial charge in [0.05, 0.1) is 0 Å². The number of aromatic nitrogens is 1. The normalized spacial score (nSPS) is 9.59. The van der Waals surface area contributed by atoms with Crippen LogP contribution < -0.4 is 11.5 Å². The third-order valence-electron chi connectivity index (χ3n) is 2.83. The molecule has 0 unspecified atom stereocenters. The number of rotatable bonds is 4. The number of hydrogen-bond acceptors (Lipinski definition) is 4. The van der Waals surface area contributed by atoms with E-state index >= 15 is 0 Å². The van der Waals surface area contributed by atoms with Crippen LogP contribution in [0.15, 0.2) is 59.7 Å². The molecule has 0 atom stereocenters. The number of aliphatic imine (C=N–C) groups is 1. The maximum Gasteiger partial charge on any atom is 0.328 e. The number of carboxylic acid groups (broad SMARTS) is 2. The summed E-state index contributed by atoms with van der Waals surface area (Å²) in [5.41, 5.74) is 11.9. The molecule has 6 N–H and O–H groups in total. The van der Waals surface area contributed by atoms with E-state index in [0.717, 1.165) is 0 Å². The standard InChI is InChI=1S/C13H11N5O.C4H4O4/c14-8-11-5-2-6-18(11)10-4-1-3-9(7-10)12(19)17-13(15)16;5-3(6)1-2-4(7)8/h1-7H,(H4,15,16,17,19);1-2H,(H,5,6)(H,7,8). The average molecular weight is 369 g/mol. The Morgan fingerprint density at radius 2 is 1.70 bits per heavy atom. The van der Waals surface area contributed by atoms with Gasteiger partial charge in [-0.25, -0.2) is 9.59 Å². The van der Waals surface area contributed by atoms with Gasteiger partial charge in [0, 0.05) is 29.6 Å². The molecule has 0 aliphatic rings. The Kier molecular flexibility index (Phi) is 7.49. The predicted octanol–water partition coefficient (Wildman–Crippen LogP) is 0.474. The molecular weight excluding hydrogens is 354 g/mol. The molecule has 0 aliphatic heterocycles. The largest absolute Gasteiger partial charge is 0.478 e. The highest BCUT2D eigenvalue weighted by molar-refractivity contribution is 6.02. The van der Waals surface area contributed by atoms with Gasteiger partial charge in [-0.3, -0.25) is 4.79 Å². The summed E-state index contributed by atoms with van der Waals surface area (Å²) in [4.78, 5) is 34.3. The van der Waals surface area contributed by atoms with Crippen LogP contribution in [0.3, 0.4) is 0 Å². The fourth-order valence-electron chi connectivity index (χ4n) is 1.81. The highest BCUT2D eigenvalue weighted by Crippen LogP contribution is 2.14. The summed E-state index contributed by atoms with van der Waals surface area (Å²) in [6.45, 7) is 0. The molecule has 10 heteroatoms. The van der Waals surface area contributed by atoms with Crippen LogP contribution in [0.25, 0.3) is 5.69 Å². The van der Waals surface area contributed by atoms with E-state index in [0.29, 0.717) is 29.1 Å². The van der Waals surface area contributed by atoms with Crippen molar-refractivity contribution in [3.8, 4) is 11.8 Å². The molecule has 2 rings (SSSR count). The molecule has 1 heterocycles. The Bertz CT molecular complexity index is 933. The Morgan fingerprint density at radius 1 is 1.07 bits per heavy atom. The summed E-state index contributed by atoms with van der Waals surface area (Å²) in [5.74, 6) is -3.32. The van der Waals surface area contributed by atoms with Gasteiger partial charge in [-0.2, -0.15) is 10.3 Å². The third kappa shape index (κ3) is 6.94. The number of amides is 1. The van der Waals surface area contributed by atoms with Crippen molar-refractivity contribution in [2.24, 2.45) is 16.5 Å². The number of nitrogens with two attached hydrogens (primary N) is 2. The second kappa shape index (κ2) is 9.80. The lowest BCUT2D eigenvalue weighted by atomic mass is 10.2. The number of aliphatic carboxylic acids is 2. The smallest absolute Gasteiger partial charge is 0.328 e. The molecule has 1 aromatic carbocycles. The fraction of sp³-hybridized carbons (Fsp3) is 0. The Morgan fingerprint density at radius 3 is 2.22 bits per heavy atom. The van der Waals surface area contributed by atoms with Crippen molar-refractivity contribution in [3.05, 3.63) is 66.0 Å². The van der Waals surface area contributed by atoms with E-state index in [1.165, 1.54) is 0 Å². The molecule has 0 saturated carbocycles. The summed E-state index contributed by atoms with van der Waals surface area (Å²) >= 11 is 0.